The van der Waals surface area contributed by atoms with Crippen LogP contribution in [0.25, 0.3) is 0 Å². The smallest absolute Gasteiger partial charge is 0.0943 e. The predicted molar refractivity (Wildman–Crippen MR) is 64.9 cm³/mol. The molecule has 3 heteroatoms. The van der Waals surface area contributed by atoms with Gasteiger partial charge in [-0.1, -0.05) is 13.8 Å². The van der Waals surface area contributed by atoms with Crippen molar-refractivity contribution in [1.82, 2.24) is 4.98 Å². The van der Waals surface area contributed by atoms with E-state index in [0.29, 0.717) is 0 Å². The second kappa shape index (κ2) is 4.22. The lowest BCUT2D eigenvalue weighted by molar-refractivity contribution is 0.182. The second-order valence-corrected chi connectivity index (χ2v) is 6.30. The molecule has 0 aromatic carbocycles. The molecule has 1 aliphatic carbocycles. The molecule has 0 bridgehead atoms. The molecule has 1 aromatic rings. The van der Waals surface area contributed by atoms with Crippen LogP contribution in [0.5, 0.6) is 0 Å². The van der Waals surface area contributed by atoms with Gasteiger partial charge in [0.1, 0.15) is 0 Å². The van der Waals surface area contributed by atoms with E-state index < -0.39 is 0 Å². The third kappa shape index (κ3) is 2.79. The van der Waals surface area contributed by atoms with Crippen LogP contribution in [0.3, 0.4) is 0 Å². The molecular weight excluding hydrogens is 204 g/mol. The van der Waals surface area contributed by atoms with E-state index >= 15 is 0 Å². The van der Waals surface area contributed by atoms with Crippen LogP contribution in [0.4, 0.5) is 0 Å². The quantitative estimate of drug-likeness (QED) is 0.839. The molecule has 0 spiro atoms. The fraction of sp³-hybridized carbons (Fsp3) is 0.750. The lowest BCUT2D eigenvalue weighted by Crippen LogP contribution is -2.48. The summed E-state index contributed by atoms with van der Waals surface area (Å²) in [7, 11) is 0. The largest absolute Gasteiger partial charge is 0.325 e. The number of nitrogens with two attached hydrogens (primary N) is 1. The minimum atomic E-state index is -0.00502. The van der Waals surface area contributed by atoms with E-state index in [0.717, 1.165) is 31.1 Å². The highest BCUT2D eigenvalue weighted by Crippen LogP contribution is 2.36. The summed E-state index contributed by atoms with van der Waals surface area (Å²) in [5, 5.41) is 3.23. The van der Waals surface area contributed by atoms with E-state index in [9.17, 15) is 0 Å². The van der Waals surface area contributed by atoms with Crippen molar-refractivity contribution in [1.29, 1.82) is 0 Å². The van der Waals surface area contributed by atoms with E-state index in [1.807, 2.05) is 11.6 Å². The Hall–Kier alpha value is -0.410. The summed E-state index contributed by atoms with van der Waals surface area (Å²) in [5.41, 5.74) is 6.49. The minimum absolute atomic E-state index is 0.00502. The van der Waals surface area contributed by atoms with Crippen molar-refractivity contribution >= 4 is 11.3 Å². The Labute approximate surface area is 95.9 Å². The molecule has 2 N–H and O–H groups in total. The molecule has 2 atom stereocenters. The maximum absolute atomic E-state index is 6.50. The predicted octanol–water partition coefficient (Wildman–Crippen LogP) is 2.84. The Morgan fingerprint density at radius 2 is 2.13 bits per heavy atom. The van der Waals surface area contributed by atoms with Crippen LogP contribution in [0.1, 0.15) is 38.1 Å². The molecule has 2 unspecified atom stereocenters. The van der Waals surface area contributed by atoms with Gasteiger partial charge < -0.3 is 5.73 Å². The molecule has 0 saturated heterocycles. The summed E-state index contributed by atoms with van der Waals surface area (Å²) < 4.78 is 0. The van der Waals surface area contributed by atoms with Crippen LogP contribution in [0, 0.1) is 11.8 Å². The summed E-state index contributed by atoms with van der Waals surface area (Å²) in [5.74, 6) is 1.53. The van der Waals surface area contributed by atoms with Crippen molar-refractivity contribution in [3.05, 3.63) is 16.6 Å². The maximum atomic E-state index is 6.50. The van der Waals surface area contributed by atoms with Gasteiger partial charge in [0.05, 0.1) is 5.01 Å². The second-order valence-electron chi connectivity index (χ2n) is 5.32. The Kier molecular flexibility index (Phi) is 3.12. The van der Waals surface area contributed by atoms with Gasteiger partial charge in [0.2, 0.25) is 0 Å². The summed E-state index contributed by atoms with van der Waals surface area (Å²) >= 11 is 1.73. The van der Waals surface area contributed by atoms with Crippen molar-refractivity contribution in [2.75, 3.05) is 0 Å². The molecule has 1 saturated carbocycles. The number of aromatic nitrogens is 1. The highest BCUT2D eigenvalue weighted by Gasteiger charge is 2.35. The van der Waals surface area contributed by atoms with Gasteiger partial charge in [-0.25, -0.2) is 4.98 Å². The van der Waals surface area contributed by atoms with Gasteiger partial charge in [0.15, 0.2) is 0 Å². The monoisotopic (exact) mass is 224 g/mol. The van der Waals surface area contributed by atoms with Crippen LogP contribution >= 0.6 is 11.3 Å². The topological polar surface area (TPSA) is 38.9 Å². The molecule has 0 amide bonds. The van der Waals surface area contributed by atoms with Crippen LogP contribution in [-0.4, -0.2) is 10.5 Å². The van der Waals surface area contributed by atoms with Crippen molar-refractivity contribution in [3.63, 3.8) is 0 Å². The van der Waals surface area contributed by atoms with Crippen LogP contribution in [0.2, 0.25) is 0 Å². The molecule has 2 nitrogen and oxygen atoms in total. The van der Waals surface area contributed by atoms with Gasteiger partial charge in [-0.15, -0.1) is 11.3 Å². The average Bonchev–Trinajstić information content (AvgIpc) is 2.52. The van der Waals surface area contributed by atoms with Crippen LogP contribution in [-0.2, 0) is 6.42 Å². The first-order valence-electron chi connectivity index (χ1n) is 5.75. The first-order valence-corrected chi connectivity index (χ1v) is 6.63. The van der Waals surface area contributed by atoms with E-state index in [1.54, 1.807) is 11.3 Å². The summed E-state index contributed by atoms with van der Waals surface area (Å²) in [4.78, 5) is 4.34. The third-order valence-corrected chi connectivity index (χ3v) is 4.08. The fourth-order valence-electron chi connectivity index (χ4n) is 3.11. The number of hydrogen-bond donors (Lipinski definition) is 1. The fourth-order valence-corrected chi connectivity index (χ4v) is 3.88. The summed E-state index contributed by atoms with van der Waals surface area (Å²) in [6.45, 7) is 4.64. The van der Waals surface area contributed by atoms with E-state index in [4.69, 9.17) is 5.73 Å². The number of hydrogen-bond acceptors (Lipinski definition) is 3. The maximum Gasteiger partial charge on any atom is 0.0943 e. The SMILES string of the molecule is CC1CC(C)CC(N)(Cc2nccs2)C1. The Bertz CT molecular complexity index is 297. The zero-order valence-corrected chi connectivity index (χ0v) is 10.4. The Morgan fingerprint density at radius 3 is 2.67 bits per heavy atom. The lowest BCUT2D eigenvalue weighted by Gasteiger charge is -2.39. The van der Waals surface area contributed by atoms with Gasteiger partial charge in [-0.3, -0.25) is 0 Å². The first kappa shape index (κ1) is 11.1. The third-order valence-electron chi connectivity index (χ3n) is 3.30. The molecule has 2 rings (SSSR count). The Balaban J connectivity index is 2.05. The molecule has 1 aromatic heterocycles. The number of thiazole rings is 1. The van der Waals surface area contributed by atoms with Crippen molar-refractivity contribution in [2.45, 2.75) is 45.1 Å². The van der Waals surface area contributed by atoms with Gasteiger partial charge >= 0.3 is 0 Å². The highest BCUT2D eigenvalue weighted by molar-refractivity contribution is 7.09. The standard InChI is InChI=1S/C12H20N2S/c1-9-5-10(2)7-12(13,6-9)8-11-14-3-4-15-11/h3-4,9-10H,5-8,13H2,1-2H3. The number of nitrogens with zero attached hydrogens (tertiary/aromatic N) is 1. The highest BCUT2D eigenvalue weighted by atomic mass is 32.1. The minimum Gasteiger partial charge on any atom is -0.325 e. The zero-order valence-electron chi connectivity index (χ0n) is 9.57. The molecule has 15 heavy (non-hydrogen) atoms. The number of rotatable bonds is 2. The van der Waals surface area contributed by atoms with Crippen LogP contribution < -0.4 is 5.73 Å². The van der Waals surface area contributed by atoms with Crippen molar-refractivity contribution in [2.24, 2.45) is 17.6 Å². The molecular formula is C12H20N2S. The molecule has 0 aliphatic heterocycles. The van der Waals surface area contributed by atoms with Gasteiger partial charge in [-0.2, -0.15) is 0 Å². The van der Waals surface area contributed by atoms with Gasteiger partial charge in [-0.05, 0) is 31.1 Å². The summed E-state index contributed by atoms with van der Waals surface area (Å²) in [6.07, 6.45) is 6.46. The van der Waals surface area contributed by atoms with Gasteiger partial charge in [0.25, 0.3) is 0 Å². The van der Waals surface area contributed by atoms with Gasteiger partial charge in [0, 0.05) is 23.5 Å². The van der Waals surface area contributed by atoms with E-state index in [1.165, 1.54) is 11.4 Å². The van der Waals surface area contributed by atoms with Crippen LogP contribution in [0.15, 0.2) is 11.6 Å². The summed E-state index contributed by atoms with van der Waals surface area (Å²) in [6, 6.07) is 0. The van der Waals surface area contributed by atoms with Crippen molar-refractivity contribution in [3.8, 4) is 0 Å². The lowest BCUT2D eigenvalue weighted by atomic mass is 9.71. The van der Waals surface area contributed by atoms with E-state index in [2.05, 4.69) is 18.8 Å². The van der Waals surface area contributed by atoms with Crippen molar-refractivity contribution < 1.29 is 0 Å². The molecule has 84 valence electrons. The molecule has 1 heterocycles. The average molecular weight is 224 g/mol. The first-order chi connectivity index (χ1) is 7.07. The normalized spacial score (nSPS) is 36.7. The molecule has 0 radical (unpaired) electrons. The molecule has 1 aliphatic rings. The molecule has 1 fully saturated rings. The zero-order chi connectivity index (χ0) is 10.9. The Morgan fingerprint density at radius 1 is 1.47 bits per heavy atom. The van der Waals surface area contributed by atoms with E-state index in [-0.39, 0.29) is 5.54 Å².